The number of carbonyl (C=O) groups is 1. The predicted octanol–water partition coefficient (Wildman–Crippen LogP) is 5.33. The van der Waals surface area contributed by atoms with Gasteiger partial charge in [0.05, 0.1) is 24.3 Å². The first-order valence-electron chi connectivity index (χ1n) is 11.3. The molecule has 0 radical (unpaired) electrons. The highest BCUT2D eigenvalue weighted by atomic mass is 16.5. The van der Waals surface area contributed by atoms with Gasteiger partial charge < -0.3 is 14.8 Å². The van der Waals surface area contributed by atoms with Gasteiger partial charge in [-0.3, -0.25) is 4.79 Å². The summed E-state index contributed by atoms with van der Waals surface area (Å²) < 4.78 is 10.9. The first kappa shape index (κ1) is 24.4. The van der Waals surface area contributed by atoms with E-state index >= 15 is 0 Å². The summed E-state index contributed by atoms with van der Waals surface area (Å²) in [5.74, 6) is 0.365. The zero-order valence-corrected chi connectivity index (χ0v) is 19.6. The number of hydrogen-bond acceptors (Lipinski definition) is 5. The van der Waals surface area contributed by atoms with Gasteiger partial charge in [-0.05, 0) is 73.8 Å². The highest BCUT2D eigenvalue weighted by molar-refractivity contribution is 5.82. The van der Waals surface area contributed by atoms with Crippen molar-refractivity contribution in [1.82, 2.24) is 5.32 Å². The lowest BCUT2D eigenvalue weighted by atomic mass is 9.87. The van der Waals surface area contributed by atoms with E-state index in [1.54, 1.807) is 0 Å². The summed E-state index contributed by atoms with van der Waals surface area (Å²) in [4.78, 5) is 9.60. The molecule has 1 saturated heterocycles. The van der Waals surface area contributed by atoms with E-state index in [0.717, 1.165) is 19.5 Å². The molecule has 172 valence electrons. The minimum atomic E-state index is -0.318. The standard InChI is InChI=1S/C23H22N2O.C5H10O2/c24-14-17-5-9-20(10-6-17)22-11-12-25-15-23(22)26-16-18-7-8-19-3-1-2-4-21(19)13-18;1-5(2,3)7-4-6/h1-10,13,22-23,25H,11-12,15-16H2;4H,1-3H3. The predicted molar refractivity (Wildman–Crippen MR) is 131 cm³/mol. The largest absolute Gasteiger partial charge is 0.462 e. The number of nitrogens with zero attached hydrogens (tertiary/aromatic N) is 1. The number of rotatable bonds is 5. The Hall–Kier alpha value is -3.20. The van der Waals surface area contributed by atoms with Crippen LogP contribution in [0.2, 0.25) is 0 Å². The first-order valence-corrected chi connectivity index (χ1v) is 11.3. The number of hydrogen-bond donors (Lipinski definition) is 1. The zero-order chi connectivity index (χ0) is 23.7. The topological polar surface area (TPSA) is 71.4 Å². The molecule has 1 fully saturated rings. The van der Waals surface area contributed by atoms with Crippen molar-refractivity contribution in [3.63, 3.8) is 0 Å². The van der Waals surface area contributed by atoms with Gasteiger partial charge in [0, 0.05) is 12.5 Å². The average molecular weight is 445 g/mol. The fraction of sp³-hybridized carbons (Fsp3) is 0.357. The molecule has 3 aromatic rings. The van der Waals surface area contributed by atoms with Gasteiger partial charge in [-0.15, -0.1) is 0 Å². The van der Waals surface area contributed by atoms with Crippen molar-refractivity contribution in [2.75, 3.05) is 13.1 Å². The van der Waals surface area contributed by atoms with Gasteiger partial charge in [0.25, 0.3) is 6.47 Å². The summed E-state index contributed by atoms with van der Waals surface area (Å²) in [6, 6.07) is 25.0. The second-order valence-corrected chi connectivity index (χ2v) is 9.19. The quantitative estimate of drug-likeness (QED) is 0.539. The highest BCUT2D eigenvalue weighted by Crippen LogP contribution is 2.29. The lowest BCUT2D eigenvalue weighted by Gasteiger charge is -2.32. The molecule has 2 unspecified atom stereocenters. The Morgan fingerprint density at radius 2 is 1.79 bits per heavy atom. The maximum Gasteiger partial charge on any atom is 0.293 e. The number of piperidine rings is 1. The third-order valence-corrected chi connectivity index (χ3v) is 5.57. The molecule has 1 aliphatic rings. The van der Waals surface area contributed by atoms with Crippen LogP contribution in [0.1, 0.15) is 49.8 Å². The van der Waals surface area contributed by atoms with Crippen molar-refractivity contribution in [2.24, 2.45) is 0 Å². The minimum Gasteiger partial charge on any atom is -0.462 e. The number of nitriles is 1. The molecular formula is C28H32N2O3. The van der Waals surface area contributed by atoms with Crippen LogP contribution >= 0.6 is 0 Å². The Morgan fingerprint density at radius 3 is 2.42 bits per heavy atom. The van der Waals surface area contributed by atoms with Crippen LogP contribution in [0.4, 0.5) is 0 Å². The molecule has 33 heavy (non-hydrogen) atoms. The van der Waals surface area contributed by atoms with Crippen LogP contribution in [0.5, 0.6) is 0 Å². The van der Waals surface area contributed by atoms with Crippen LogP contribution < -0.4 is 5.32 Å². The van der Waals surface area contributed by atoms with Gasteiger partial charge in [0.1, 0.15) is 5.60 Å². The maximum atomic E-state index is 9.60. The van der Waals surface area contributed by atoms with Crippen molar-refractivity contribution < 1.29 is 14.3 Å². The molecule has 1 N–H and O–H groups in total. The first-order chi connectivity index (χ1) is 15.9. The number of fused-ring (bicyclic) bond motifs is 1. The molecule has 0 spiro atoms. The second kappa shape index (κ2) is 11.6. The maximum absolute atomic E-state index is 9.60. The van der Waals surface area contributed by atoms with E-state index in [0.29, 0.717) is 24.6 Å². The summed E-state index contributed by atoms with van der Waals surface area (Å²) in [6.45, 7) is 8.40. The summed E-state index contributed by atoms with van der Waals surface area (Å²) >= 11 is 0. The summed E-state index contributed by atoms with van der Waals surface area (Å²) in [5, 5.41) is 14.9. The molecule has 0 bridgehead atoms. The Bertz CT molecular complexity index is 1080. The van der Waals surface area contributed by atoms with E-state index in [-0.39, 0.29) is 11.7 Å². The summed E-state index contributed by atoms with van der Waals surface area (Å²) in [7, 11) is 0. The number of carbonyl (C=O) groups excluding carboxylic acids is 1. The Labute approximate surface area is 196 Å². The molecular weight excluding hydrogens is 412 g/mol. The monoisotopic (exact) mass is 444 g/mol. The van der Waals surface area contributed by atoms with Crippen molar-refractivity contribution in [3.05, 3.63) is 83.4 Å². The van der Waals surface area contributed by atoms with Gasteiger partial charge in [0.15, 0.2) is 0 Å². The van der Waals surface area contributed by atoms with E-state index in [1.165, 1.54) is 21.9 Å². The molecule has 3 aromatic carbocycles. The van der Waals surface area contributed by atoms with Crippen molar-refractivity contribution in [2.45, 2.75) is 51.4 Å². The number of ether oxygens (including phenoxy) is 2. The lowest BCUT2D eigenvalue weighted by molar-refractivity contribution is -0.138. The Morgan fingerprint density at radius 1 is 1.06 bits per heavy atom. The molecule has 0 aliphatic carbocycles. The van der Waals surface area contributed by atoms with Crippen LogP contribution in [-0.4, -0.2) is 31.3 Å². The second-order valence-electron chi connectivity index (χ2n) is 9.19. The van der Waals surface area contributed by atoms with Gasteiger partial charge in [-0.25, -0.2) is 0 Å². The van der Waals surface area contributed by atoms with E-state index < -0.39 is 0 Å². The highest BCUT2D eigenvalue weighted by Gasteiger charge is 2.27. The van der Waals surface area contributed by atoms with Crippen LogP contribution in [-0.2, 0) is 20.9 Å². The molecule has 0 amide bonds. The van der Waals surface area contributed by atoms with Crippen molar-refractivity contribution >= 4 is 17.2 Å². The van der Waals surface area contributed by atoms with E-state index in [1.807, 2.05) is 32.9 Å². The van der Waals surface area contributed by atoms with Gasteiger partial charge in [0.2, 0.25) is 0 Å². The van der Waals surface area contributed by atoms with Gasteiger partial charge in [-0.2, -0.15) is 5.26 Å². The van der Waals surface area contributed by atoms with Crippen LogP contribution in [0, 0.1) is 11.3 Å². The van der Waals surface area contributed by atoms with E-state index in [4.69, 9.17) is 10.00 Å². The van der Waals surface area contributed by atoms with Gasteiger partial charge in [-0.1, -0.05) is 48.5 Å². The molecule has 5 heteroatoms. The lowest BCUT2D eigenvalue weighted by Crippen LogP contribution is -2.40. The molecule has 5 nitrogen and oxygen atoms in total. The average Bonchev–Trinajstić information content (AvgIpc) is 2.82. The SMILES string of the molecule is CC(C)(C)OC=O.N#Cc1ccc(C2CCNCC2OCc2ccc3ccccc3c2)cc1. The minimum absolute atomic E-state index is 0.142. The molecule has 0 saturated carbocycles. The molecule has 2 atom stereocenters. The van der Waals surface area contributed by atoms with E-state index in [2.05, 4.69) is 70.7 Å². The normalized spacial score (nSPS) is 18.0. The Balaban J connectivity index is 0.000000383. The molecule has 4 rings (SSSR count). The van der Waals surface area contributed by atoms with Crippen LogP contribution in [0.15, 0.2) is 66.7 Å². The third-order valence-electron chi connectivity index (χ3n) is 5.57. The number of nitrogens with one attached hydrogen (secondary N) is 1. The molecule has 0 aromatic heterocycles. The molecule has 1 aliphatic heterocycles. The third kappa shape index (κ3) is 7.42. The molecule has 1 heterocycles. The van der Waals surface area contributed by atoms with Crippen LogP contribution in [0.25, 0.3) is 10.8 Å². The van der Waals surface area contributed by atoms with Gasteiger partial charge >= 0.3 is 0 Å². The fourth-order valence-electron chi connectivity index (χ4n) is 3.87. The van der Waals surface area contributed by atoms with Crippen molar-refractivity contribution in [3.8, 4) is 6.07 Å². The zero-order valence-electron chi connectivity index (χ0n) is 19.6. The smallest absolute Gasteiger partial charge is 0.293 e. The van der Waals surface area contributed by atoms with Crippen molar-refractivity contribution in [1.29, 1.82) is 5.26 Å². The van der Waals surface area contributed by atoms with E-state index in [9.17, 15) is 4.79 Å². The summed E-state index contributed by atoms with van der Waals surface area (Å²) in [5.41, 5.74) is 2.85. The fourth-order valence-corrected chi connectivity index (χ4v) is 3.87. The Kier molecular flexibility index (Phi) is 8.59. The number of benzene rings is 3. The summed E-state index contributed by atoms with van der Waals surface area (Å²) in [6.07, 6.45) is 1.19. The van der Waals surface area contributed by atoms with Crippen LogP contribution in [0.3, 0.4) is 0 Å².